The summed E-state index contributed by atoms with van der Waals surface area (Å²) in [7, 11) is -2.50. The van der Waals surface area contributed by atoms with Crippen molar-refractivity contribution in [2.24, 2.45) is 0 Å². The van der Waals surface area contributed by atoms with E-state index < -0.39 is 7.04 Å². The van der Waals surface area contributed by atoms with Crippen LogP contribution in [-0.2, 0) is 4.79 Å². The smallest absolute Gasteiger partial charge is 0.223 e. The van der Waals surface area contributed by atoms with Gasteiger partial charge < -0.3 is 19.5 Å². The maximum absolute atomic E-state index is 13.1. The predicted molar refractivity (Wildman–Crippen MR) is 139 cm³/mol. The summed E-state index contributed by atoms with van der Waals surface area (Å²) in [5.41, 5.74) is 4.97. The fourth-order valence-corrected chi connectivity index (χ4v) is 4.63. The lowest BCUT2D eigenvalue weighted by Crippen LogP contribution is -2.49. The molecule has 1 saturated heterocycles. The molecule has 1 atom stereocenters. The number of H-pyrrole nitrogens is 1. The minimum absolute atomic E-state index is 0.0674. The minimum atomic E-state index is -2.50. The number of nitrogens with zero attached hydrogens (tertiary/aromatic N) is 4. The molecule has 2 aromatic carbocycles. The summed E-state index contributed by atoms with van der Waals surface area (Å²) in [4.78, 5) is 29.6. The number of methoxy groups -OCH3 is 1. The van der Waals surface area contributed by atoms with Crippen LogP contribution in [0.2, 0.25) is 0 Å². The van der Waals surface area contributed by atoms with Crippen molar-refractivity contribution in [1.82, 2.24) is 19.9 Å². The molecule has 1 aliphatic rings. The van der Waals surface area contributed by atoms with E-state index in [9.17, 15) is 4.79 Å². The van der Waals surface area contributed by atoms with Crippen LogP contribution in [0.1, 0.15) is 34.5 Å². The number of nitrogens with one attached hydrogen (secondary N) is 1. The van der Waals surface area contributed by atoms with E-state index in [0.29, 0.717) is 32.6 Å². The van der Waals surface area contributed by atoms with Crippen molar-refractivity contribution in [1.29, 1.82) is 0 Å². The van der Waals surface area contributed by atoms with Gasteiger partial charge in [-0.05, 0) is 42.2 Å². The lowest BCUT2D eigenvalue weighted by Gasteiger charge is -2.36. The molecule has 1 amide bonds. The molecule has 3 heterocycles. The first-order valence-corrected chi connectivity index (χ1v) is 11.9. The van der Waals surface area contributed by atoms with Crippen molar-refractivity contribution >= 4 is 22.8 Å². The zero-order valence-corrected chi connectivity index (χ0v) is 20.0. The van der Waals surface area contributed by atoms with Crippen LogP contribution >= 0.6 is 0 Å². The Morgan fingerprint density at radius 2 is 1.91 bits per heavy atom. The number of aromatic nitrogens is 3. The molecule has 35 heavy (non-hydrogen) atoms. The Hall–Kier alpha value is -3.87. The molecule has 0 radical (unpaired) electrons. The van der Waals surface area contributed by atoms with Gasteiger partial charge in [0, 0.05) is 38.3 Å². The molecule has 0 spiro atoms. The second-order valence-electron chi connectivity index (χ2n) is 9.16. The van der Waals surface area contributed by atoms with Crippen molar-refractivity contribution in [3.63, 3.8) is 0 Å². The Morgan fingerprint density at radius 3 is 2.69 bits per heavy atom. The lowest BCUT2D eigenvalue weighted by molar-refractivity contribution is -0.131. The normalized spacial score (nSPS) is 16.5. The largest absolute Gasteiger partial charge is 0.497 e. The maximum atomic E-state index is 13.1. The Morgan fingerprint density at radius 1 is 1.11 bits per heavy atom. The molecule has 1 N–H and O–H groups in total. The first kappa shape index (κ1) is 19.4. The van der Waals surface area contributed by atoms with E-state index >= 15 is 0 Å². The quantitative estimate of drug-likeness (QED) is 0.437. The molecule has 5 rings (SSSR count). The van der Waals surface area contributed by atoms with Crippen LogP contribution in [0.5, 0.6) is 5.75 Å². The van der Waals surface area contributed by atoms with Gasteiger partial charge in [0.25, 0.3) is 0 Å². The molecule has 0 saturated carbocycles. The molecular weight excluding hydrogens is 438 g/mol. The van der Waals surface area contributed by atoms with Crippen molar-refractivity contribution < 1.29 is 13.6 Å². The highest BCUT2D eigenvalue weighted by Crippen LogP contribution is 2.30. The van der Waals surface area contributed by atoms with Crippen LogP contribution in [-0.4, -0.2) is 59.0 Å². The average molecular weight is 473 g/mol. The van der Waals surface area contributed by atoms with Gasteiger partial charge in [0.15, 0.2) is 0 Å². The van der Waals surface area contributed by atoms with Gasteiger partial charge >= 0.3 is 0 Å². The van der Waals surface area contributed by atoms with Crippen LogP contribution in [0.4, 0.5) is 5.82 Å². The molecule has 0 bridgehead atoms. The van der Waals surface area contributed by atoms with Gasteiger partial charge in [0.1, 0.15) is 23.5 Å². The Balaban J connectivity index is 1.22. The maximum Gasteiger partial charge on any atom is 0.223 e. The number of carbonyl (C=O) groups is 1. The van der Waals surface area contributed by atoms with Crippen LogP contribution in [0.15, 0.2) is 60.9 Å². The van der Waals surface area contributed by atoms with Gasteiger partial charge in [0.05, 0.1) is 16.5 Å². The molecule has 1 aliphatic heterocycles. The third-order valence-corrected chi connectivity index (χ3v) is 6.72. The summed E-state index contributed by atoms with van der Waals surface area (Å²) >= 11 is 0. The van der Waals surface area contributed by atoms with E-state index in [1.165, 1.54) is 5.56 Å². The number of carbonyl (C=O) groups excluding carboxylic acids is 1. The topological polar surface area (TPSA) is 74.3 Å². The van der Waals surface area contributed by atoms with Gasteiger partial charge in [0.2, 0.25) is 5.91 Å². The highest BCUT2D eigenvalue weighted by Gasteiger charge is 2.25. The summed E-state index contributed by atoms with van der Waals surface area (Å²) in [5.74, 6) is 1.16. The number of aryl methyl sites for hydroxylation is 1. The van der Waals surface area contributed by atoms with Crippen molar-refractivity contribution in [2.75, 3.05) is 38.1 Å². The Bertz CT molecular complexity index is 1430. The second-order valence-corrected chi connectivity index (χ2v) is 9.16. The minimum Gasteiger partial charge on any atom is -0.497 e. The van der Waals surface area contributed by atoms with Gasteiger partial charge in [-0.1, -0.05) is 48.9 Å². The Labute approximate surface area is 210 Å². The van der Waals surface area contributed by atoms with Crippen LogP contribution in [0, 0.1) is 6.92 Å². The van der Waals surface area contributed by atoms with Crippen LogP contribution < -0.4 is 9.64 Å². The van der Waals surface area contributed by atoms with Gasteiger partial charge in [-0.2, -0.15) is 0 Å². The van der Waals surface area contributed by atoms with Crippen molar-refractivity contribution in [3.05, 3.63) is 72.1 Å². The van der Waals surface area contributed by atoms with Crippen molar-refractivity contribution in [3.8, 4) is 17.0 Å². The fourth-order valence-electron chi connectivity index (χ4n) is 4.63. The first-order chi connectivity index (χ1) is 18.2. The number of anilines is 1. The molecular formula is C28H31N5O2. The monoisotopic (exact) mass is 472 g/mol. The number of hydrogen-bond acceptors (Lipinski definition) is 5. The third-order valence-electron chi connectivity index (χ3n) is 6.72. The van der Waals surface area contributed by atoms with Gasteiger partial charge in [-0.15, -0.1) is 0 Å². The van der Waals surface area contributed by atoms with Crippen molar-refractivity contribution in [2.45, 2.75) is 26.2 Å². The zero-order chi connectivity index (χ0) is 26.9. The van der Waals surface area contributed by atoms with Gasteiger partial charge in [-0.25, -0.2) is 9.97 Å². The van der Waals surface area contributed by atoms with E-state index in [1.807, 2.05) is 17.9 Å². The molecule has 1 fully saturated rings. The number of fused-ring (bicyclic) bond motifs is 1. The molecule has 7 heteroatoms. The van der Waals surface area contributed by atoms with Gasteiger partial charge in [-0.3, -0.25) is 4.79 Å². The van der Waals surface area contributed by atoms with Crippen LogP contribution in [0.25, 0.3) is 22.3 Å². The number of ether oxygens (including phenoxy) is 1. The van der Waals surface area contributed by atoms with Crippen LogP contribution in [0.3, 0.4) is 0 Å². The predicted octanol–water partition coefficient (Wildman–Crippen LogP) is 4.78. The summed E-state index contributed by atoms with van der Waals surface area (Å²) < 4.78 is 26.9. The molecule has 4 aromatic rings. The summed E-state index contributed by atoms with van der Waals surface area (Å²) in [6.07, 6.45) is 1.92. The number of piperazine rings is 1. The SMILES string of the molecule is [2H]C([2H])([2H])Oc1cccc([C@H](C)CC(=O)N2CCN(c3ncnc4[nH]c(-c5ccc(C)cc5)cc34)CC2)c1. The zero-order valence-electron chi connectivity index (χ0n) is 23.0. The fraction of sp³-hybridized carbons (Fsp3) is 0.321. The number of hydrogen-bond donors (Lipinski definition) is 1. The summed E-state index contributed by atoms with van der Waals surface area (Å²) in [6, 6.07) is 17.4. The molecule has 0 aliphatic carbocycles. The number of benzene rings is 2. The Kier molecular flexibility index (Phi) is 5.43. The standard InChI is InChI=1S/C28H31N5O2/c1-19-7-9-21(10-8-19)25-17-24-27(31-25)29-18-30-28(24)33-13-11-32(12-14-33)26(34)15-20(2)22-5-4-6-23(16-22)35-3/h4-10,16-18,20H,11-15H2,1-3H3,(H,29,30,31)/t20-/m1/s1/i3D3. The second kappa shape index (κ2) is 9.78. The van der Waals surface area contributed by atoms with E-state index in [-0.39, 0.29) is 17.6 Å². The number of rotatable bonds is 6. The molecule has 180 valence electrons. The lowest BCUT2D eigenvalue weighted by atomic mass is 9.97. The molecule has 7 nitrogen and oxygen atoms in total. The highest BCUT2D eigenvalue weighted by molar-refractivity contribution is 5.92. The highest BCUT2D eigenvalue weighted by atomic mass is 16.5. The molecule has 0 unspecified atom stereocenters. The summed E-state index contributed by atoms with van der Waals surface area (Å²) in [6.45, 7) is 6.61. The van der Waals surface area contributed by atoms with E-state index in [2.05, 4.69) is 57.1 Å². The average Bonchev–Trinajstić information content (AvgIpc) is 3.33. The van der Waals surface area contributed by atoms with E-state index in [1.54, 1.807) is 24.5 Å². The first-order valence-electron chi connectivity index (χ1n) is 13.4. The number of aromatic amines is 1. The van der Waals surface area contributed by atoms with E-state index in [4.69, 9.17) is 8.85 Å². The van der Waals surface area contributed by atoms with E-state index in [0.717, 1.165) is 33.7 Å². The molecule has 2 aromatic heterocycles. The summed E-state index contributed by atoms with van der Waals surface area (Å²) in [5, 5.41) is 0.968. The third kappa shape index (κ3) is 4.85. The number of amides is 1.